The van der Waals surface area contributed by atoms with E-state index < -0.39 is 0 Å². The number of fused-ring (bicyclic) bond motifs is 1. The van der Waals surface area contributed by atoms with Crippen LogP contribution in [0.2, 0.25) is 0 Å². The minimum atomic E-state index is 0.118. The van der Waals surface area contributed by atoms with Crippen molar-refractivity contribution in [2.75, 3.05) is 11.9 Å². The summed E-state index contributed by atoms with van der Waals surface area (Å²) >= 11 is 1.26. The molecule has 2 heterocycles. The first-order valence-electron chi connectivity index (χ1n) is 3.93. The monoisotopic (exact) mass is 182 g/mol. The van der Waals surface area contributed by atoms with Crippen molar-refractivity contribution in [3.8, 4) is 0 Å². The number of aromatic nitrogens is 1. The molecule has 0 aliphatic carbocycles. The van der Waals surface area contributed by atoms with Crippen LogP contribution in [0.15, 0.2) is 11.4 Å². The molecule has 1 aromatic rings. The molecule has 12 heavy (non-hydrogen) atoms. The van der Waals surface area contributed by atoms with E-state index in [9.17, 15) is 4.79 Å². The lowest BCUT2D eigenvalue weighted by molar-refractivity contribution is 0.621. The number of nitrogens with zero attached hydrogens (tertiary/aromatic N) is 1. The quantitative estimate of drug-likeness (QED) is 0.711. The van der Waals surface area contributed by atoms with E-state index in [0.29, 0.717) is 0 Å². The lowest BCUT2D eigenvalue weighted by Crippen LogP contribution is -2.23. The molecular formula is C8H10N2OS. The molecular weight excluding hydrogens is 172 g/mol. The van der Waals surface area contributed by atoms with Crippen molar-refractivity contribution in [1.29, 1.82) is 0 Å². The second-order valence-electron chi connectivity index (χ2n) is 2.72. The largest absolute Gasteiger partial charge is 0.370 e. The van der Waals surface area contributed by atoms with E-state index in [2.05, 4.69) is 11.9 Å². The van der Waals surface area contributed by atoms with Gasteiger partial charge in [0.15, 0.2) is 0 Å². The molecule has 64 valence electrons. The molecule has 0 spiro atoms. The predicted molar refractivity (Wildman–Crippen MR) is 51.8 cm³/mol. The standard InChI is InChI=1S/C8H10N2OS/c1-2-6-7-9-4-3-5-10(7)8(11)12-6/h2,9H,1,3-5H2. The third-order valence-corrected chi connectivity index (χ3v) is 2.93. The Kier molecular flexibility index (Phi) is 1.77. The van der Waals surface area contributed by atoms with Crippen LogP contribution >= 0.6 is 11.3 Å². The number of nitrogens with one attached hydrogen (secondary N) is 1. The van der Waals surface area contributed by atoms with Crippen LogP contribution in [-0.2, 0) is 6.54 Å². The summed E-state index contributed by atoms with van der Waals surface area (Å²) in [4.78, 5) is 12.4. The molecule has 4 heteroatoms. The van der Waals surface area contributed by atoms with Gasteiger partial charge in [0.05, 0.1) is 4.88 Å². The van der Waals surface area contributed by atoms with Gasteiger partial charge in [-0.3, -0.25) is 9.36 Å². The van der Waals surface area contributed by atoms with Crippen molar-refractivity contribution < 1.29 is 0 Å². The second kappa shape index (κ2) is 2.79. The molecule has 0 unspecified atom stereocenters. The molecule has 0 amide bonds. The summed E-state index contributed by atoms with van der Waals surface area (Å²) < 4.78 is 1.78. The lowest BCUT2D eigenvalue weighted by Gasteiger charge is -2.16. The highest BCUT2D eigenvalue weighted by molar-refractivity contribution is 7.10. The Morgan fingerprint density at radius 3 is 3.25 bits per heavy atom. The van der Waals surface area contributed by atoms with Crippen LogP contribution in [0.1, 0.15) is 11.3 Å². The molecule has 0 saturated heterocycles. The van der Waals surface area contributed by atoms with Gasteiger partial charge >= 0.3 is 4.87 Å². The maximum Gasteiger partial charge on any atom is 0.309 e. The zero-order valence-corrected chi connectivity index (χ0v) is 7.49. The normalized spacial score (nSPS) is 15.0. The molecule has 0 atom stereocenters. The molecule has 1 N–H and O–H groups in total. The zero-order valence-electron chi connectivity index (χ0n) is 6.67. The van der Waals surface area contributed by atoms with E-state index in [0.717, 1.165) is 30.2 Å². The first-order valence-corrected chi connectivity index (χ1v) is 4.74. The second-order valence-corrected chi connectivity index (χ2v) is 3.71. The molecule has 3 nitrogen and oxygen atoms in total. The number of hydrogen-bond donors (Lipinski definition) is 1. The van der Waals surface area contributed by atoms with E-state index in [-0.39, 0.29) is 4.87 Å². The Balaban J connectivity index is 2.61. The van der Waals surface area contributed by atoms with Gasteiger partial charge in [-0.25, -0.2) is 0 Å². The van der Waals surface area contributed by atoms with Crippen molar-refractivity contribution >= 4 is 23.2 Å². The van der Waals surface area contributed by atoms with Crippen molar-refractivity contribution in [1.82, 2.24) is 4.57 Å². The van der Waals surface area contributed by atoms with Gasteiger partial charge in [-0.1, -0.05) is 17.9 Å². The van der Waals surface area contributed by atoms with Crippen LogP contribution in [0.5, 0.6) is 0 Å². The highest BCUT2D eigenvalue weighted by Crippen LogP contribution is 2.22. The topological polar surface area (TPSA) is 34.0 Å². The van der Waals surface area contributed by atoms with Gasteiger partial charge in [0.2, 0.25) is 0 Å². The summed E-state index contributed by atoms with van der Waals surface area (Å²) in [6, 6.07) is 0. The smallest absolute Gasteiger partial charge is 0.309 e. The molecule has 0 bridgehead atoms. The van der Waals surface area contributed by atoms with E-state index in [1.54, 1.807) is 10.6 Å². The summed E-state index contributed by atoms with van der Waals surface area (Å²) in [6.45, 7) is 5.46. The molecule has 0 fully saturated rings. The third-order valence-electron chi connectivity index (χ3n) is 1.96. The predicted octanol–water partition coefficient (Wildman–Crippen LogP) is 1.37. The van der Waals surface area contributed by atoms with Gasteiger partial charge in [0.25, 0.3) is 0 Å². The Morgan fingerprint density at radius 2 is 2.50 bits per heavy atom. The summed E-state index contributed by atoms with van der Waals surface area (Å²) in [7, 11) is 0. The number of anilines is 1. The van der Waals surface area contributed by atoms with Crippen molar-refractivity contribution in [2.24, 2.45) is 0 Å². The lowest BCUT2D eigenvalue weighted by atomic mass is 10.3. The van der Waals surface area contributed by atoms with Crippen LogP contribution in [0.25, 0.3) is 6.08 Å². The molecule has 1 aliphatic heterocycles. The van der Waals surface area contributed by atoms with Gasteiger partial charge in [0.1, 0.15) is 5.82 Å². The number of rotatable bonds is 1. The molecule has 2 rings (SSSR count). The Labute approximate surface area is 74.3 Å². The van der Waals surface area contributed by atoms with Gasteiger partial charge in [-0.15, -0.1) is 0 Å². The van der Waals surface area contributed by atoms with Gasteiger partial charge in [-0.05, 0) is 12.5 Å². The van der Waals surface area contributed by atoms with E-state index >= 15 is 0 Å². The first kappa shape index (κ1) is 7.61. The van der Waals surface area contributed by atoms with E-state index in [1.165, 1.54) is 11.3 Å². The van der Waals surface area contributed by atoms with Crippen LogP contribution in [0, 0.1) is 0 Å². The third kappa shape index (κ3) is 0.992. The average molecular weight is 182 g/mol. The van der Waals surface area contributed by atoms with Crippen molar-refractivity contribution in [2.45, 2.75) is 13.0 Å². The fourth-order valence-corrected chi connectivity index (χ4v) is 2.23. The zero-order chi connectivity index (χ0) is 8.55. The maximum absolute atomic E-state index is 11.3. The SMILES string of the molecule is C=Cc1sc(=O)n2c1NCCC2. The molecule has 1 aliphatic rings. The number of hydrogen-bond acceptors (Lipinski definition) is 3. The minimum absolute atomic E-state index is 0.118. The minimum Gasteiger partial charge on any atom is -0.370 e. The summed E-state index contributed by atoms with van der Waals surface area (Å²) in [5.74, 6) is 0.950. The highest BCUT2D eigenvalue weighted by Gasteiger charge is 2.14. The van der Waals surface area contributed by atoms with Gasteiger partial charge in [0, 0.05) is 13.1 Å². The highest BCUT2D eigenvalue weighted by atomic mass is 32.1. The van der Waals surface area contributed by atoms with Crippen molar-refractivity contribution in [3.05, 3.63) is 21.1 Å². The Hall–Kier alpha value is -1.03. The number of thiazole rings is 1. The van der Waals surface area contributed by atoms with Gasteiger partial charge in [-0.2, -0.15) is 0 Å². The molecule has 0 saturated carbocycles. The molecule has 0 radical (unpaired) electrons. The van der Waals surface area contributed by atoms with E-state index in [1.807, 2.05) is 0 Å². The van der Waals surface area contributed by atoms with Crippen LogP contribution in [0.3, 0.4) is 0 Å². The average Bonchev–Trinajstić information content (AvgIpc) is 2.44. The Bertz CT molecular complexity index is 364. The fraction of sp³-hybridized carbons (Fsp3) is 0.375. The van der Waals surface area contributed by atoms with Crippen LogP contribution in [-0.4, -0.2) is 11.1 Å². The van der Waals surface area contributed by atoms with Crippen LogP contribution < -0.4 is 10.2 Å². The Morgan fingerprint density at radius 1 is 1.67 bits per heavy atom. The van der Waals surface area contributed by atoms with Gasteiger partial charge < -0.3 is 5.32 Å². The van der Waals surface area contributed by atoms with E-state index in [4.69, 9.17) is 0 Å². The summed E-state index contributed by atoms with van der Waals surface area (Å²) in [5, 5.41) is 3.21. The maximum atomic E-state index is 11.3. The van der Waals surface area contributed by atoms with Crippen molar-refractivity contribution in [3.63, 3.8) is 0 Å². The fourth-order valence-electron chi connectivity index (χ4n) is 1.39. The summed E-state index contributed by atoms with van der Waals surface area (Å²) in [5.41, 5.74) is 0. The molecule has 0 aromatic carbocycles. The molecule has 1 aromatic heterocycles. The summed E-state index contributed by atoms with van der Waals surface area (Å²) in [6.07, 6.45) is 2.76. The first-order chi connectivity index (χ1) is 5.83. The van der Waals surface area contributed by atoms with Crippen LogP contribution in [0.4, 0.5) is 5.82 Å².